The number of rotatable bonds is 3. The number of benzene rings is 1. The summed E-state index contributed by atoms with van der Waals surface area (Å²) in [6, 6.07) is 7.64. The molecule has 0 fully saturated rings. The topological polar surface area (TPSA) is 29.5 Å². The molecule has 13 heavy (non-hydrogen) atoms. The molecule has 0 amide bonds. The van der Waals surface area contributed by atoms with Crippen LogP contribution in [0.5, 0.6) is 5.75 Å². The molecule has 0 spiro atoms. The Hall–Kier alpha value is -1.02. The SMILES string of the molecule is CCC(C)(O)Oc1ccc(C)cc1. The molecule has 0 saturated carbocycles. The first kappa shape index (κ1) is 10.1. The van der Waals surface area contributed by atoms with Gasteiger partial charge in [0.25, 0.3) is 0 Å². The Morgan fingerprint density at radius 3 is 2.31 bits per heavy atom. The van der Waals surface area contributed by atoms with Crippen LogP contribution in [-0.4, -0.2) is 10.9 Å². The minimum Gasteiger partial charge on any atom is -0.463 e. The molecule has 0 radical (unpaired) electrons. The van der Waals surface area contributed by atoms with E-state index in [-0.39, 0.29) is 0 Å². The maximum absolute atomic E-state index is 9.62. The van der Waals surface area contributed by atoms with E-state index in [1.54, 1.807) is 6.92 Å². The zero-order chi connectivity index (χ0) is 9.90. The lowest BCUT2D eigenvalue weighted by molar-refractivity contribution is -0.123. The number of aliphatic hydroxyl groups is 1. The second-order valence-electron chi connectivity index (χ2n) is 3.44. The third-order valence-corrected chi connectivity index (χ3v) is 2.01. The van der Waals surface area contributed by atoms with Gasteiger partial charge in [-0.05, 0) is 19.1 Å². The van der Waals surface area contributed by atoms with Crippen molar-refractivity contribution in [1.82, 2.24) is 0 Å². The Morgan fingerprint density at radius 1 is 1.31 bits per heavy atom. The van der Waals surface area contributed by atoms with Crippen molar-refractivity contribution in [3.05, 3.63) is 29.8 Å². The van der Waals surface area contributed by atoms with Crippen LogP contribution in [0.3, 0.4) is 0 Å². The van der Waals surface area contributed by atoms with Crippen LogP contribution in [0.2, 0.25) is 0 Å². The highest BCUT2D eigenvalue weighted by Crippen LogP contribution is 2.19. The van der Waals surface area contributed by atoms with Gasteiger partial charge < -0.3 is 9.84 Å². The molecule has 1 aromatic carbocycles. The fourth-order valence-corrected chi connectivity index (χ4v) is 0.932. The molecule has 2 heteroatoms. The Balaban J connectivity index is 2.69. The summed E-state index contributed by atoms with van der Waals surface area (Å²) in [6.07, 6.45) is 0.570. The van der Waals surface area contributed by atoms with Crippen molar-refractivity contribution in [2.24, 2.45) is 0 Å². The van der Waals surface area contributed by atoms with E-state index in [1.165, 1.54) is 5.56 Å². The van der Waals surface area contributed by atoms with E-state index in [1.807, 2.05) is 38.1 Å². The Labute approximate surface area is 79.2 Å². The van der Waals surface area contributed by atoms with Crippen LogP contribution < -0.4 is 4.74 Å². The smallest absolute Gasteiger partial charge is 0.204 e. The second-order valence-corrected chi connectivity index (χ2v) is 3.44. The number of hydrogen-bond acceptors (Lipinski definition) is 2. The first-order valence-electron chi connectivity index (χ1n) is 4.51. The van der Waals surface area contributed by atoms with Crippen LogP contribution in [0, 0.1) is 6.92 Å². The van der Waals surface area contributed by atoms with Crippen molar-refractivity contribution in [1.29, 1.82) is 0 Å². The van der Waals surface area contributed by atoms with Crippen molar-refractivity contribution in [3.8, 4) is 5.75 Å². The average Bonchev–Trinajstić information content (AvgIpc) is 2.09. The fourth-order valence-electron chi connectivity index (χ4n) is 0.932. The van der Waals surface area contributed by atoms with Gasteiger partial charge in [-0.3, -0.25) is 0 Å². The van der Waals surface area contributed by atoms with Crippen LogP contribution in [0.1, 0.15) is 25.8 Å². The average molecular weight is 180 g/mol. The van der Waals surface area contributed by atoms with Crippen LogP contribution >= 0.6 is 0 Å². The third-order valence-electron chi connectivity index (χ3n) is 2.01. The molecule has 0 bridgehead atoms. The predicted molar refractivity (Wildman–Crippen MR) is 52.7 cm³/mol. The molecular formula is C11H16O2. The van der Waals surface area contributed by atoms with Gasteiger partial charge in [-0.25, -0.2) is 0 Å². The zero-order valence-corrected chi connectivity index (χ0v) is 8.37. The number of ether oxygens (including phenoxy) is 1. The van der Waals surface area contributed by atoms with Gasteiger partial charge in [0.15, 0.2) is 0 Å². The van der Waals surface area contributed by atoms with E-state index in [0.717, 1.165) is 0 Å². The van der Waals surface area contributed by atoms with Gasteiger partial charge in [0.1, 0.15) is 5.75 Å². The lowest BCUT2D eigenvalue weighted by Gasteiger charge is -2.23. The summed E-state index contributed by atoms with van der Waals surface area (Å²) in [7, 11) is 0. The van der Waals surface area contributed by atoms with Crippen molar-refractivity contribution < 1.29 is 9.84 Å². The molecule has 1 unspecified atom stereocenters. The predicted octanol–water partition coefficient (Wildman–Crippen LogP) is 2.49. The Bertz CT molecular complexity index is 262. The van der Waals surface area contributed by atoms with Gasteiger partial charge in [-0.2, -0.15) is 0 Å². The molecule has 1 atom stereocenters. The minimum atomic E-state index is -1.06. The Morgan fingerprint density at radius 2 is 1.85 bits per heavy atom. The van der Waals surface area contributed by atoms with Gasteiger partial charge in [-0.15, -0.1) is 0 Å². The van der Waals surface area contributed by atoms with Crippen LogP contribution in [0.25, 0.3) is 0 Å². The second kappa shape index (κ2) is 3.79. The molecule has 0 aliphatic rings. The summed E-state index contributed by atoms with van der Waals surface area (Å²) in [6.45, 7) is 5.56. The van der Waals surface area contributed by atoms with Crippen LogP contribution in [-0.2, 0) is 0 Å². The highest BCUT2D eigenvalue weighted by atomic mass is 16.6. The monoisotopic (exact) mass is 180 g/mol. The quantitative estimate of drug-likeness (QED) is 0.724. The first-order chi connectivity index (χ1) is 6.03. The van der Waals surface area contributed by atoms with E-state index in [2.05, 4.69) is 0 Å². The molecule has 0 aliphatic carbocycles. The summed E-state index contributed by atoms with van der Waals surface area (Å²) in [5.74, 6) is -0.354. The lowest BCUT2D eigenvalue weighted by Crippen LogP contribution is -2.30. The molecule has 0 aliphatic heterocycles. The summed E-state index contributed by atoms with van der Waals surface area (Å²) in [5.41, 5.74) is 1.18. The highest BCUT2D eigenvalue weighted by molar-refractivity contribution is 5.26. The van der Waals surface area contributed by atoms with Gasteiger partial charge in [0, 0.05) is 13.3 Å². The molecule has 0 saturated heterocycles. The minimum absolute atomic E-state index is 0.570. The molecule has 0 heterocycles. The standard InChI is InChI=1S/C11H16O2/c1-4-11(3,12)13-10-7-5-9(2)6-8-10/h5-8,12H,4H2,1-3H3. The van der Waals surface area contributed by atoms with E-state index in [0.29, 0.717) is 12.2 Å². The van der Waals surface area contributed by atoms with Gasteiger partial charge in [-0.1, -0.05) is 24.6 Å². The molecular weight excluding hydrogens is 164 g/mol. The molecule has 1 N–H and O–H groups in total. The summed E-state index contributed by atoms with van der Waals surface area (Å²) in [4.78, 5) is 0. The molecule has 2 nitrogen and oxygen atoms in total. The van der Waals surface area contributed by atoms with Gasteiger partial charge in [0.05, 0.1) is 0 Å². The van der Waals surface area contributed by atoms with E-state index in [9.17, 15) is 5.11 Å². The van der Waals surface area contributed by atoms with Crippen molar-refractivity contribution in [2.45, 2.75) is 33.0 Å². The summed E-state index contributed by atoms with van der Waals surface area (Å²) >= 11 is 0. The van der Waals surface area contributed by atoms with Crippen LogP contribution in [0.4, 0.5) is 0 Å². The molecule has 1 aromatic rings. The fraction of sp³-hybridized carbons (Fsp3) is 0.455. The van der Waals surface area contributed by atoms with Crippen molar-refractivity contribution >= 4 is 0 Å². The molecule has 0 aromatic heterocycles. The highest BCUT2D eigenvalue weighted by Gasteiger charge is 2.18. The van der Waals surface area contributed by atoms with Crippen molar-refractivity contribution in [2.75, 3.05) is 0 Å². The summed E-state index contributed by atoms with van der Waals surface area (Å²) in [5, 5.41) is 9.62. The van der Waals surface area contributed by atoms with Crippen LogP contribution in [0.15, 0.2) is 24.3 Å². The summed E-state index contributed by atoms with van der Waals surface area (Å²) < 4.78 is 5.36. The van der Waals surface area contributed by atoms with E-state index in [4.69, 9.17) is 4.74 Å². The largest absolute Gasteiger partial charge is 0.463 e. The molecule has 72 valence electrons. The first-order valence-corrected chi connectivity index (χ1v) is 4.51. The normalized spacial score (nSPS) is 15.1. The maximum Gasteiger partial charge on any atom is 0.204 e. The van der Waals surface area contributed by atoms with Gasteiger partial charge >= 0.3 is 0 Å². The number of aryl methyl sites for hydroxylation is 1. The maximum atomic E-state index is 9.62. The van der Waals surface area contributed by atoms with E-state index < -0.39 is 5.79 Å². The Kier molecular flexibility index (Phi) is 2.94. The van der Waals surface area contributed by atoms with E-state index >= 15 is 0 Å². The third kappa shape index (κ3) is 3.07. The van der Waals surface area contributed by atoms with Gasteiger partial charge in [0.2, 0.25) is 5.79 Å². The van der Waals surface area contributed by atoms with Crippen molar-refractivity contribution in [3.63, 3.8) is 0 Å². The number of hydrogen-bond donors (Lipinski definition) is 1. The molecule has 1 rings (SSSR count). The zero-order valence-electron chi connectivity index (χ0n) is 8.37. The lowest BCUT2D eigenvalue weighted by atomic mass is 10.2.